The molecule has 0 aliphatic rings. The molecule has 2 aromatic heterocycles. The predicted molar refractivity (Wildman–Crippen MR) is 93.3 cm³/mol. The summed E-state index contributed by atoms with van der Waals surface area (Å²) in [5, 5.41) is 19.8. The Balaban J connectivity index is 1.66. The monoisotopic (exact) mass is 334 g/mol. The van der Waals surface area contributed by atoms with Crippen LogP contribution in [0.4, 0.5) is 0 Å². The molecule has 0 spiro atoms. The summed E-state index contributed by atoms with van der Waals surface area (Å²) in [5.74, 6) is -1.96. The van der Waals surface area contributed by atoms with Crippen molar-refractivity contribution in [3.8, 4) is 0 Å². The van der Waals surface area contributed by atoms with Gasteiger partial charge in [0.05, 0.1) is 0 Å². The number of hydrogen-bond donors (Lipinski definition) is 4. The van der Waals surface area contributed by atoms with Crippen LogP contribution in [0.5, 0.6) is 0 Å². The summed E-state index contributed by atoms with van der Waals surface area (Å²) < 4.78 is 0. The van der Waals surface area contributed by atoms with Crippen LogP contribution >= 0.6 is 0 Å². The number of aromatic carboxylic acids is 2. The fraction of sp³-hybridized carbons (Fsp3) is 0.0526. The lowest BCUT2D eigenvalue weighted by molar-refractivity contribution is 0.0681. The lowest BCUT2D eigenvalue weighted by atomic mass is 10.0. The van der Waals surface area contributed by atoms with Gasteiger partial charge < -0.3 is 20.2 Å². The van der Waals surface area contributed by atoms with Crippen LogP contribution in [-0.2, 0) is 6.42 Å². The fourth-order valence-corrected chi connectivity index (χ4v) is 3.05. The summed E-state index contributed by atoms with van der Waals surface area (Å²) >= 11 is 0. The standard InChI is InChI=1S/C19H14N2O4/c22-18(23)16-8-12-6-10(1-3-14(12)20-16)5-11-2-4-15-13(7-11)9-17(21-15)19(24)25/h1-4,6-9,20-21H,5H2,(H,22,23)(H,24,25). The maximum atomic E-state index is 11.0. The Morgan fingerprint density at radius 2 is 1.16 bits per heavy atom. The van der Waals surface area contributed by atoms with Crippen molar-refractivity contribution in [2.45, 2.75) is 6.42 Å². The van der Waals surface area contributed by atoms with Crippen LogP contribution in [0.1, 0.15) is 32.1 Å². The van der Waals surface area contributed by atoms with Crippen molar-refractivity contribution < 1.29 is 19.8 Å². The average molecular weight is 334 g/mol. The molecule has 0 unspecified atom stereocenters. The van der Waals surface area contributed by atoms with Gasteiger partial charge in [-0.25, -0.2) is 9.59 Å². The van der Waals surface area contributed by atoms with Crippen LogP contribution in [0.3, 0.4) is 0 Å². The average Bonchev–Trinajstić information content (AvgIpc) is 3.17. The number of nitrogens with one attached hydrogen (secondary N) is 2. The highest BCUT2D eigenvalue weighted by Gasteiger charge is 2.10. The molecule has 2 heterocycles. The van der Waals surface area contributed by atoms with E-state index in [1.165, 1.54) is 0 Å². The zero-order valence-electron chi connectivity index (χ0n) is 13.0. The van der Waals surface area contributed by atoms with Crippen LogP contribution < -0.4 is 0 Å². The summed E-state index contributed by atoms with van der Waals surface area (Å²) in [7, 11) is 0. The lowest BCUT2D eigenvalue weighted by Crippen LogP contribution is -1.94. The van der Waals surface area contributed by atoms with Crippen LogP contribution in [0.2, 0.25) is 0 Å². The molecule has 0 radical (unpaired) electrons. The highest BCUT2D eigenvalue weighted by atomic mass is 16.4. The molecule has 6 nitrogen and oxygen atoms in total. The minimum Gasteiger partial charge on any atom is -0.477 e. The number of benzene rings is 2. The van der Waals surface area contributed by atoms with E-state index < -0.39 is 11.9 Å². The number of fused-ring (bicyclic) bond motifs is 2. The van der Waals surface area contributed by atoms with Gasteiger partial charge in [0.15, 0.2) is 0 Å². The van der Waals surface area contributed by atoms with E-state index in [9.17, 15) is 9.59 Å². The first kappa shape index (κ1) is 15.0. The Hall–Kier alpha value is -3.54. The molecule has 4 aromatic rings. The topological polar surface area (TPSA) is 106 Å². The predicted octanol–water partition coefficient (Wildman–Crippen LogP) is 3.64. The van der Waals surface area contributed by atoms with Gasteiger partial charge in [-0.2, -0.15) is 0 Å². The Morgan fingerprint density at radius 1 is 0.720 bits per heavy atom. The molecule has 0 atom stereocenters. The van der Waals surface area contributed by atoms with E-state index in [1.807, 2.05) is 36.4 Å². The second kappa shape index (κ2) is 5.52. The number of hydrogen-bond acceptors (Lipinski definition) is 2. The van der Waals surface area contributed by atoms with E-state index in [1.54, 1.807) is 12.1 Å². The number of carbonyl (C=O) groups is 2. The molecule has 4 N–H and O–H groups in total. The zero-order chi connectivity index (χ0) is 17.6. The highest BCUT2D eigenvalue weighted by molar-refractivity contribution is 5.94. The smallest absolute Gasteiger partial charge is 0.352 e. The van der Waals surface area contributed by atoms with Gasteiger partial charge >= 0.3 is 11.9 Å². The molecule has 0 amide bonds. The van der Waals surface area contributed by atoms with Gasteiger partial charge in [-0.1, -0.05) is 12.1 Å². The van der Waals surface area contributed by atoms with E-state index in [2.05, 4.69) is 9.97 Å². The van der Waals surface area contributed by atoms with Gasteiger partial charge in [0.2, 0.25) is 0 Å². The second-order valence-electron chi connectivity index (χ2n) is 6.00. The van der Waals surface area contributed by atoms with Gasteiger partial charge in [-0.05, 0) is 53.9 Å². The maximum absolute atomic E-state index is 11.0. The third-order valence-corrected chi connectivity index (χ3v) is 4.24. The van der Waals surface area contributed by atoms with Crippen molar-refractivity contribution in [3.63, 3.8) is 0 Å². The van der Waals surface area contributed by atoms with Crippen molar-refractivity contribution in [1.29, 1.82) is 0 Å². The highest BCUT2D eigenvalue weighted by Crippen LogP contribution is 2.22. The molecular formula is C19H14N2O4. The number of aromatic amines is 2. The van der Waals surface area contributed by atoms with Gasteiger partial charge in [-0.15, -0.1) is 0 Å². The Labute approximate surface area is 141 Å². The summed E-state index contributed by atoms with van der Waals surface area (Å²) in [5.41, 5.74) is 4.01. The summed E-state index contributed by atoms with van der Waals surface area (Å²) in [4.78, 5) is 27.8. The summed E-state index contributed by atoms with van der Waals surface area (Å²) in [6.07, 6.45) is 0.674. The number of carboxylic acids is 2. The quantitative estimate of drug-likeness (QED) is 0.457. The van der Waals surface area contributed by atoms with E-state index in [4.69, 9.17) is 10.2 Å². The molecule has 124 valence electrons. The number of aromatic nitrogens is 2. The molecule has 0 aliphatic carbocycles. The maximum Gasteiger partial charge on any atom is 0.352 e. The molecule has 0 saturated carbocycles. The number of carboxylic acid groups (broad SMARTS) is 2. The van der Waals surface area contributed by atoms with Crippen molar-refractivity contribution in [3.05, 3.63) is 71.0 Å². The lowest BCUT2D eigenvalue weighted by Gasteiger charge is -2.03. The van der Waals surface area contributed by atoms with Crippen molar-refractivity contribution in [1.82, 2.24) is 9.97 Å². The molecule has 0 saturated heterocycles. The molecule has 2 aromatic carbocycles. The first-order chi connectivity index (χ1) is 12.0. The van der Waals surface area contributed by atoms with Gasteiger partial charge in [0, 0.05) is 21.8 Å². The number of rotatable bonds is 4. The van der Waals surface area contributed by atoms with Crippen LogP contribution in [0, 0.1) is 0 Å². The fourth-order valence-electron chi connectivity index (χ4n) is 3.05. The first-order valence-corrected chi connectivity index (χ1v) is 7.69. The van der Waals surface area contributed by atoms with E-state index >= 15 is 0 Å². The minimum absolute atomic E-state index is 0.169. The van der Waals surface area contributed by atoms with Crippen LogP contribution in [0.15, 0.2) is 48.5 Å². The van der Waals surface area contributed by atoms with Gasteiger partial charge in [0.1, 0.15) is 11.4 Å². The summed E-state index contributed by atoms with van der Waals surface area (Å²) in [6, 6.07) is 14.8. The Morgan fingerprint density at radius 3 is 1.56 bits per heavy atom. The second-order valence-corrected chi connectivity index (χ2v) is 6.00. The normalized spacial score (nSPS) is 11.2. The summed E-state index contributed by atoms with van der Waals surface area (Å²) in [6.45, 7) is 0. The zero-order valence-corrected chi connectivity index (χ0v) is 13.0. The third kappa shape index (κ3) is 2.74. The molecular weight excluding hydrogens is 320 g/mol. The van der Waals surface area contributed by atoms with E-state index in [-0.39, 0.29) is 11.4 Å². The van der Waals surface area contributed by atoms with Gasteiger partial charge in [0.25, 0.3) is 0 Å². The van der Waals surface area contributed by atoms with Gasteiger partial charge in [-0.3, -0.25) is 0 Å². The molecule has 0 bridgehead atoms. The van der Waals surface area contributed by atoms with Crippen LogP contribution in [0.25, 0.3) is 21.8 Å². The molecule has 25 heavy (non-hydrogen) atoms. The van der Waals surface area contributed by atoms with E-state index in [0.29, 0.717) is 6.42 Å². The Kier molecular flexibility index (Phi) is 3.32. The van der Waals surface area contributed by atoms with Crippen molar-refractivity contribution in [2.24, 2.45) is 0 Å². The molecule has 6 heteroatoms. The van der Waals surface area contributed by atoms with Crippen LogP contribution in [-0.4, -0.2) is 32.1 Å². The minimum atomic E-state index is -0.982. The Bertz CT molecular complexity index is 1050. The molecule has 0 aliphatic heterocycles. The third-order valence-electron chi connectivity index (χ3n) is 4.24. The number of H-pyrrole nitrogens is 2. The van der Waals surface area contributed by atoms with Crippen molar-refractivity contribution >= 4 is 33.7 Å². The largest absolute Gasteiger partial charge is 0.477 e. The molecule has 4 rings (SSSR count). The molecule has 0 fully saturated rings. The SMILES string of the molecule is O=C(O)c1cc2cc(Cc3ccc4[nH]c(C(=O)O)cc4c3)ccc2[nH]1. The van der Waals surface area contributed by atoms with Crippen molar-refractivity contribution in [2.75, 3.05) is 0 Å². The first-order valence-electron chi connectivity index (χ1n) is 7.69. The van der Waals surface area contributed by atoms with E-state index in [0.717, 1.165) is 32.9 Å².